The molecule has 0 bridgehead atoms. The molecule has 12 heavy (non-hydrogen) atoms. The minimum Gasteiger partial charge on any atom is -0.461 e. The summed E-state index contributed by atoms with van der Waals surface area (Å²) in [5, 5.41) is 0. The fraction of sp³-hybridized carbons (Fsp3) is 0.700. The smallest absolute Gasteiger partial charge is 0.312 e. The maximum absolute atomic E-state index is 11.4. The Balaban J connectivity index is 4.11. The molecular formula is C10H18O2. The van der Waals surface area contributed by atoms with Gasteiger partial charge in [0.05, 0.1) is 5.41 Å². The van der Waals surface area contributed by atoms with Crippen molar-refractivity contribution in [3.63, 3.8) is 0 Å². The molecule has 2 nitrogen and oxygen atoms in total. The summed E-state index contributed by atoms with van der Waals surface area (Å²) < 4.78 is 4.98. The van der Waals surface area contributed by atoms with Crippen molar-refractivity contribution < 1.29 is 9.53 Å². The molecule has 0 aromatic rings. The Bertz CT molecular complexity index is 157. The number of ether oxygens (including phenoxy) is 1. The lowest BCUT2D eigenvalue weighted by molar-refractivity contribution is -0.154. The third kappa shape index (κ3) is 2.68. The average molecular weight is 170 g/mol. The Labute approximate surface area is 74.6 Å². The van der Waals surface area contributed by atoms with Crippen molar-refractivity contribution >= 4 is 5.97 Å². The van der Waals surface area contributed by atoms with Crippen LogP contribution in [0.4, 0.5) is 0 Å². The summed E-state index contributed by atoms with van der Waals surface area (Å²) in [6.45, 7) is 9.73. The molecule has 0 aliphatic heterocycles. The zero-order chi connectivity index (χ0) is 9.61. The molecule has 0 atom stereocenters. The molecule has 0 aromatic heterocycles. The van der Waals surface area contributed by atoms with Crippen LogP contribution >= 0.6 is 0 Å². The minimum absolute atomic E-state index is 0.118. The summed E-state index contributed by atoms with van der Waals surface area (Å²) in [6.07, 6.45) is 3.22. The molecule has 0 aliphatic rings. The summed E-state index contributed by atoms with van der Waals surface area (Å²) >= 11 is 0. The van der Waals surface area contributed by atoms with Crippen LogP contribution in [0, 0.1) is 5.41 Å². The second-order valence-corrected chi connectivity index (χ2v) is 3.15. The molecule has 0 saturated carbocycles. The van der Waals surface area contributed by atoms with E-state index in [1.165, 1.54) is 0 Å². The molecule has 0 spiro atoms. The number of esters is 1. The Morgan fingerprint density at radius 1 is 1.50 bits per heavy atom. The Hall–Kier alpha value is -0.790. The molecule has 0 aromatic carbocycles. The van der Waals surface area contributed by atoms with E-state index in [9.17, 15) is 4.79 Å². The van der Waals surface area contributed by atoms with E-state index in [-0.39, 0.29) is 11.4 Å². The van der Waals surface area contributed by atoms with Gasteiger partial charge in [-0.25, -0.2) is 0 Å². The topological polar surface area (TPSA) is 26.3 Å². The standard InChI is InChI=1S/C10H18O2/c1-5-8-12-9(11)10(4,6-2)7-3/h5H,1,6-8H2,2-4H3. The van der Waals surface area contributed by atoms with Gasteiger partial charge in [0.2, 0.25) is 0 Å². The Morgan fingerprint density at radius 3 is 2.33 bits per heavy atom. The van der Waals surface area contributed by atoms with E-state index < -0.39 is 0 Å². The fourth-order valence-electron chi connectivity index (χ4n) is 0.848. The van der Waals surface area contributed by atoms with E-state index >= 15 is 0 Å². The summed E-state index contributed by atoms with van der Waals surface area (Å²) in [4.78, 5) is 11.4. The van der Waals surface area contributed by atoms with Gasteiger partial charge in [0, 0.05) is 0 Å². The van der Waals surface area contributed by atoms with Crippen molar-refractivity contribution in [1.82, 2.24) is 0 Å². The van der Waals surface area contributed by atoms with Gasteiger partial charge in [-0.2, -0.15) is 0 Å². The molecule has 0 rings (SSSR count). The molecule has 0 saturated heterocycles. The second kappa shape index (κ2) is 4.96. The van der Waals surface area contributed by atoms with Gasteiger partial charge < -0.3 is 4.74 Å². The summed E-state index contributed by atoms with van der Waals surface area (Å²) in [6, 6.07) is 0. The normalized spacial score (nSPS) is 10.9. The summed E-state index contributed by atoms with van der Waals surface area (Å²) in [5.41, 5.74) is -0.316. The first-order chi connectivity index (χ1) is 5.60. The molecular weight excluding hydrogens is 152 g/mol. The molecule has 0 fully saturated rings. The van der Waals surface area contributed by atoms with Crippen molar-refractivity contribution in [2.24, 2.45) is 5.41 Å². The number of carbonyl (C=O) groups is 1. The zero-order valence-corrected chi connectivity index (χ0v) is 8.22. The highest BCUT2D eigenvalue weighted by Crippen LogP contribution is 2.26. The predicted molar refractivity (Wildman–Crippen MR) is 49.8 cm³/mol. The van der Waals surface area contributed by atoms with Crippen LogP contribution in [0.15, 0.2) is 12.7 Å². The lowest BCUT2D eigenvalue weighted by atomic mass is 9.85. The van der Waals surface area contributed by atoms with Gasteiger partial charge in [-0.15, -0.1) is 0 Å². The maximum Gasteiger partial charge on any atom is 0.312 e. The monoisotopic (exact) mass is 170 g/mol. The van der Waals surface area contributed by atoms with Crippen LogP contribution in [0.2, 0.25) is 0 Å². The van der Waals surface area contributed by atoms with Crippen molar-refractivity contribution in [3.05, 3.63) is 12.7 Å². The van der Waals surface area contributed by atoms with Gasteiger partial charge in [0.15, 0.2) is 0 Å². The molecule has 0 N–H and O–H groups in total. The van der Waals surface area contributed by atoms with Gasteiger partial charge in [-0.1, -0.05) is 26.5 Å². The summed E-state index contributed by atoms with van der Waals surface area (Å²) in [5.74, 6) is -0.118. The highest BCUT2D eigenvalue weighted by Gasteiger charge is 2.30. The van der Waals surface area contributed by atoms with Gasteiger partial charge in [-0.3, -0.25) is 4.79 Å². The first-order valence-corrected chi connectivity index (χ1v) is 4.38. The van der Waals surface area contributed by atoms with Gasteiger partial charge >= 0.3 is 5.97 Å². The fourth-order valence-corrected chi connectivity index (χ4v) is 0.848. The van der Waals surface area contributed by atoms with E-state index in [2.05, 4.69) is 6.58 Å². The maximum atomic E-state index is 11.4. The lowest BCUT2D eigenvalue weighted by Crippen LogP contribution is -2.28. The number of hydrogen-bond acceptors (Lipinski definition) is 2. The molecule has 0 unspecified atom stereocenters. The third-order valence-corrected chi connectivity index (χ3v) is 2.39. The molecule has 0 radical (unpaired) electrons. The molecule has 2 heteroatoms. The third-order valence-electron chi connectivity index (χ3n) is 2.39. The van der Waals surface area contributed by atoms with Gasteiger partial charge in [0.25, 0.3) is 0 Å². The highest BCUT2D eigenvalue weighted by molar-refractivity contribution is 5.76. The van der Waals surface area contributed by atoms with Crippen molar-refractivity contribution in [2.45, 2.75) is 33.6 Å². The van der Waals surface area contributed by atoms with Crippen LogP contribution < -0.4 is 0 Å². The van der Waals surface area contributed by atoms with Crippen LogP contribution in [-0.4, -0.2) is 12.6 Å². The zero-order valence-electron chi connectivity index (χ0n) is 8.22. The SMILES string of the molecule is C=CCOC(=O)C(C)(CC)CC. The van der Waals surface area contributed by atoms with E-state index in [1.807, 2.05) is 20.8 Å². The van der Waals surface area contributed by atoms with Gasteiger partial charge in [-0.05, 0) is 19.8 Å². The van der Waals surface area contributed by atoms with E-state index in [4.69, 9.17) is 4.74 Å². The van der Waals surface area contributed by atoms with Crippen LogP contribution in [0.25, 0.3) is 0 Å². The lowest BCUT2D eigenvalue weighted by Gasteiger charge is -2.23. The Morgan fingerprint density at radius 2 is 2.00 bits per heavy atom. The number of rotatable bonds is 5. The number of carbonyl (C=O) groups excluding carboxylic acids is 1. The highest BCUT2D eigenvalue weighted by atomic mass is 16.5. The quantitative estimate of drug-likeness (QED) is 0.468. The van der Waals surface area contributed by atoms with Crippen molar-refractivity contribution in [1.29, 1.82) is 0 Å². The van der Waals surface area contributed by atoms with Gasteiger partial charge in [0.1, 0.15) is 6.61 Å². The Kier molecular flexibility index (Phi) is 4.64. The van der Waals surface area contributed by atoms with Crippen LogP contribution in [0.3, 0.4) is 0 Å². The van der Waals surface area contributed by atoms with Crippen molar-refractivity contribution in [3.8, 4) is 0 Å². The van der Waals surface area contributed by atoms with Crippen LogP contribution in [0.1, 0.15) is 33.6 Å². The first-order valence-electron chi connectivity index (χ1n) is 4.38. The predicted octanol–water partition coefficient (Wildman–Crippen LogP) is 2.54. The van der Waals surface area contributed by atoms with Crippen LogP contribution in [-0.2, 0) is 9.53 Å². The summed E-state index contributed by atoms with van der Waals surface area (Å²) in [7, 11) is 0. The van der Waals surface area contributed by atoms with E-state index in [0.29, 0.717) is 6.61 Å². The molecule has 0 aliphatic carbocycles. The first kappa shape index (κ1) is 11.2. The molecule has 0 amide bonds. The molecule has 0 heterocycles. The largest absolute Gasteiger partial charge is 0.461 e. The van der Waals surface area contributed by atoms with E-state index in [1.54, 1.807) is 6.08 Å². The number of hydrogen-bond donors (Lipinski definition) is 0. The minimum atomic E-state index is -0.316. The molecule has 70 valence electrons. The average Bonchev–Trinajstić information content (AvgIpc) is 2.12. The van der Waals surface area contributed by atoms with Crippen LogP contribution in [0.5, 0.6) is 0 Å². The van der Waals surface area contributed by atoms with E-state index in [0.717, 1.165) is 12.8 Å². The van der Waals surface area contributed by atoms with Crippen molar-refractivity contribution in [2.75, 3.05) is 6.61 Å². The second-order valence-electron chi connectivity index (χ2n) is 3.15.